The van der Waals surface area contributed by atoms with E-state index in [1.807, 2.05) is 0 Å². The fourth-order valence-corrected chi connectivity index (χ4v) is 1.11. The molecule has 14 heavy (non-hydrogen) atoms. The number of carbonyl (C=O) groups is 1. The first kappa shape index (κ1) is 10.8. The summed E-state index contributed by atoms with van der Waals surface area (Å²) < 4.78 is 37.2. The van der Waals surface area contributed by atoms with E-state index in [4.69, 9.17) is 17.3 Å². The van der Waals surface area contributed by atoms with E-state index >= 15 is 0 Å². The first-order chi connectivity index (χ1) is 6.45. The molecule has 0 spiro atoms. The number of hydrogen-bond donors (Lipinski definition) is 1. The van der Waals surface area contributed by atoms with Gasteiger partial charge in [0.2, 0.25) is 5.95 Å². The van der Waals surface area contributed by atoms with E-state index in [0.29, 0.717) is 6.20 Å². The molecule has 0 aliphatic carbocycles. The average molecular weight is 225 g/mol. The minimum atomic E-state index is -2.98. The molecule has 0 aliphatic heterocycles. The highest BCUT2D eigenvalue weighted by atomic mass is 35.5. The number of aromatic nitrogens is 1. The molecule has 0 saturated carbocycles. The number of nitrogen functional groups attached to an aromatic ring is 1. The Bertz CT molecular complexity index is 383. The van der Waals surface area contributed by atoms with Crippen molar-refractivity contribution in [3.8, 4) is 0 Å². The zero-order valence-electron chi connectivity index (χ0n) is 6.60. The summed E-state index contributed by atoms with van der Waals surface area (Å²) in [5.41, 5.74) is 2.78. The van der Waals surface area contributed by atoms with E-state index in [0.717, 1.165) is 0 Å². The van der Waals surface area contributed by atoms with Crippen LogP contribution in [0.5, 0.6) is 0 Å². The summed E-state index contributed by atoms with van der Waals surface area (Å²) in [7, 11) is 0. The highest BCUT2D eigenvalue weighted by molar-refractivity contribution is 6.68. The highest BCUT2D eigenvalue weighted by Gasteiger charge is 2.22. The maximum absolute atomic E-state index is 12.7. The molecule has 76 valence electrons. The second-order valence-corrected chi connectivity index (χ2v) is 2.71. The van der Waals surface area contributed by atoms with Crippen LogP contribution in [0, 0.1) is 5.95 Å². The van der Waals surface area contributed by atoms with Crippen molar-refractivity contribution in [2.45, 2.75) is 6.43 Å². The van der Waals surface area contributed by atoms with E-state index in [2.05, 4.69) is 4.98 Å². The van der Waals surface area contributed by atoms with E-state index in [1.54, 1.807) is 0 Å². The Morgan fingerprint density at radius 1 is 1.57 bits per heavy atom. The normalized spacial score (nSPS) is 10.6. The van der Waals surface area contributed by atoms with Crippen LogP contribution in [0.1, 0.15) is 22.3 Å². The second-order valence-electron chi connectivity index (χ2n) is 2.37. The molecule has 1 heterocycles. The summed E-state index contributed by atoms with van der Waals surface area (Å²) in [6.07, 6.45) is -2.45. The van der Waals surface area contributed by atoms with Crippen molar-refractivity contribution in [3.05, 3.63) is 23.3 Å². The zero-order valence-corrected chi connectivity index (χ0v) is 7.36. The molecule has 0 amide bonds. The number of nitrogens with zero attached hydrogens (tertiary/aromatic N) is 1. The molecular weight excluding hydrogens is 221 g/mol. The van der Waals surface area contributed by atoms with Crippen molar-refractivity contribution in [3.63, 3.8) is 0 Å². The monoisotopic (exact) mass is 224 g/mol. The third-order valence-corrected chi connectivity index (χ3v) is 1.72. The van der Waals surface area contributed by atoms with Crippen molar-refractivity contribution in [1.29, 1.82) is 0 Å². The standard InChI is InChI=1S/C7H4ClF3N2O/c8-5(14)3-2(6(9)10)1-13-7(11)4(3)12/h1,6H,12H2. The Kier molecular flexibility index (Phi) is 2.95. The Hall–Kier alpha value is -1.30. The molecule has 0 saturated heterocycles. The maximum Gasteiger partial charge on any atom is 0.266 e. The third-order valence-electron chi connectivity index (χ3n) is 1.53. The van der Waals surface area contributed by atoms with Gasteiger partial charge in [-0.2, -0.15) is 4.39 Å². The van der Waals surface area contributed by atoms with Gasteiger partial charge in [0.05, 0.1) is 11.1 Å². The number of carbonyl (C=O) groups excluding carboxylic acids is 1. The van der Waals surface area contributed by atoms with Gasteiger partial charge in [-0.1, -0.05) is 0 Å². The summed E-state index contributed by atoms with van der Waals surface area (Å²) in [5.74, 6) is -1.20. The Balaban J connectivity index is 3.45. The summed E-state index contributed by atoms with van der Waals surface area (Å²) >= 11 is 4.98. The fraction of sp³-hybridized carbons (Fsp3) is 0.143. The molecule has 1 aromatic heterocycles. The minimum absolute atomic E-state index is 0.534. The topological polar surface area (TPSA) is 56.0 Å². The van der Waals surface area contributed by atoms with Gasteiger partial charge < -0.3 is 5.73 Å². The van der Waals surface area contributed by atoms with Crippen molar-refractivity contribution < 1.29 is 18.0 Å². The predicted molar refractivity (Wildman–Crippen MR) is 43.7 cm³/mol. The van der Waals surface area contributed by atoms with Gasteiger partial charge in [-0.15, -0.1) is 0 Å². The number of hydrogen-bond acceptors (Lipinski definition) is 3. The Morgan fingerprint density at radius 2 is 2.14 bits per heavy atom. The largest absolute Gasteiger partial charge is 0.394 e. The quantitative estimate of drug-likeness (QED) is 0.618. The van der Waals surface area contributed by atoms with Crippen LogP contribution in [0.25, 0.3) is 0 Å². The first-order valence-electron chi connectivity index (χ1n) is 3.37. The van der Waals surface area contributed by atoms with Crippen molar-refractivity contribution in [2.75, 3.05) is 5.73 Å². The van der Waals surface area contributed by atoms with E-state index in [-0.39, 0.29) is 0 Å². The lowest BCUT2D eigenvalue weighted by molar-refractivity contribution is 0.106. The SMILES string of the molecule is Nc1c(F)ncc(C(F)F)c1C(=O)Cl. The van der Waals surface area contributed by atoms with Gasteiger partial charge in [0, 0.05) is 6.20 Å². The van der Waals surface area contributed by atoms with Crippen molar-refractivity contribution >= 4 is 22.5 Å². The molecule has 1 aromatic rings. The van der Waals surface area contributed by atoms with Crippen molar-refractivity contribution in [1.82, 2.24) is 4.98 Å². The third kappa shape index (κ3) is 1.79. The van der Waals surface area contributed by atoms with Gasteiger partial charge in [0.1, 0.15) is 5.69 Å². The van der Waals surface area contributed by atoms with Crippen LogP contribution in [0.2, 0.25) is 0 Å². The lowest BCUT2D eigenvalue weighted by atomic mass is 10.1. The van der Waals surface area contributed by atoms with Crippen LogP contribution in [0.15, 0.2) is 6.20 Å². The van der Waals surface area contributed by atoms with Gasteiger partial charge in [-0.25, -0.2) is 13.8 Å². The fourth-order valence-electron chi connectivity index (χ4n) is 0.904. The summed E-state index contributed by atoms with van der Waals surface area (Å²) in [6.45, 7) is 0. The van der Waals surface area contributed by atoms with Gasteiger partial charge in [0.25, 0.3) is 11.7 Å². The van der Waals surface area contributed by atoms with Crippen LogP contribution in [-0.2, 0) is 0 Å². The van der Waals surface area contributed by atoms with Gasteiger partial charge in [-0.05, 0) is 11.6 Å². The van der Waals surface area contributed by atoms with Crippen LogP contribution in [0.4, 0.5) is 18.9 Å². The maximum atomic E-state index is 12.7. The molecule has 0 aromatic carbocycles. The van der Waals surface area contributed by atoms with E-state index in [9.17, 15) is 18.0 Å². The van der Waals surface area contributed by atoms with Crippen LogP contribution >= 0.6 is 11.6 Å². The first-order valence-corrected chi connectivity index (χ1v) is 3.74. The molecule has 0 bridgehead atoms. The molecule has 0 aliphatic rings. The van der Waals surface area contributed by atoms with Gasteiger partial charge >= 0.3 is 0 Å². The smallest absolute Gasteiger partial charge is 0.266 e. The second kappa shape index (κ2) is 3.83. The van der Waals surface area contributed by atoms with Crippen LogP contribution in [-0.4, -0.2) is 10.2 Å². The number of halogens is 4. The Labute approximate surface area is 81.7 Å². The number of alkyl halides is 2. The van der Waals surface area contributed by atoms with E-state index < -0.39 is 34.4 Å². The molecule has 0 radical (unpaired) electrons. The minimum Gasteiger partial charge on any atom is -0.394 e. The van der Waals surface area contributed by atoms with E-state index in [1.165, 1.54) is 0 Å². The van der Waals surface area contributed by atoms with Crippen molar-refractivity contribution in [2.24, 2.45) is 0 Å². The average Bonchev–Trinajstić information content (AvgIpc) is 2.08. The van der Waals surface area contributed by atoms with Crippen LogP contribution in [0.3, 0.4) is 0 Å². The molecular formula is C7H4ClF3N2O. The number of pyridine rings is 1. The number of rotatable bonds is 2. The molecule has 2 N–H and O–H groups in total. The molecule has 0 unspecified atom stereocenters. The van der Waals surface area contributed by atoms with Gasteiger partial charge in [0.15, 0.2) is 0 Å². The lowest BCUT2D eigenvalue weighted by Crippen LogP contribution is -2.08. The molecule has 7 heteroatoms. The Morgan fingerprint density at radius 3 is 2.57 bits per heavy atom. The molecule has 1 rings (SSSR count). The summed E-state index contributed by atoms with van der Waals surface area (Å²) in [5, 5.41) is -1.24. The highest BCUT2D eigenvalue weighted by Crippen LogP contribution is 2.28. The number of anilines is 1. The lowest BCUT2D eigenvalue weighted by Gasteiger charge is -2.07. The molecule has 0 fully saturated rings. The zero-order chi connectivity index (χ0) is 10.9. The summed E-state index contributed by atoms with van der Waals surface area (Å²) in [4.78, 5) is 13.7. The molecule has 0 atom stereocenters. The number of nitrogens with two attached hydrogens (primary N) is 1. The van der Waals surface area contributed by atoms with Gasteiger partial charge in [-0.3, -0.25) is 4.79 Å². The van der Waals surface area contributed by atoms with Crippen LogP contribution < -0.4 is 5.73 Å². The predicted octanol–water partition coefficient (Wildman–Crippen LogP) is 2.12. The molecule has 3 nitrogen and oxygen atoms in total. The summed E-state index contributed by atoms with van der Waals surface area (Å²) in [6, 6.07) is 0.